The minimum absolute atomic E-state index is 0.00115. The highest BCUT2D eigenvalue weighted by atomic mass is 16.2. The summed E-state index contributed by atoms with van der Waals surface area (Å²) in [5.74, 6) is -2.03. The Labute approximate surface area is 187 Å². The van der Waals surface area contributed by atoms with Gasteiger partial charge in [-0.25, -0.2) is 0 Å². The van der Waals surface area contributed by atoms with Crippen LogP contribution in [-0.2, 0) is 19.2 Å². The van der Waals surface area contributed by atoms with Gasteiger partial charge in [-0.1, -0.05) is 12.2 Å². The van der Waals surface area contributed by atoms with E-state index >= 15 is 0 Å². The lowest BCUT2D eigenvalue weighted by atomic mass is 9.40. The number of likely N-dealkylation sites (tertiary alicyclic amines) is 2. The van der Waals surface area contributed by atoms with Gasteiger partial charge in [0, 0.05) is 26.2 Å². The van der Waals surface area contributed by atoms with Gasteiger partial charge in [0.25, 0.3) is 0 Å². The van der Waals surface area contributed by atoms with E-state index in [9.17, 15) is 19.2 Å². The number of likely N-dealkylation sites (N-methyl/N-ethyl adjacent to an activating group) is 1. The smallest absolute Gasteiger partial charge is 0.234 e. The second kappa shape index (κ2) is 6.95. The Hall–Kier alpha value is -2.10. The lowest BCUT2D eigenvalue weighted by molar-refractivity contribution is -0.166. The van der Waals surface area contributed by atoms with Crippen molar-refractivity contribution in [2.45, 2.75) is 0 Å². The van der Waals surface area contributed by atoms with Crippen molar-refractivity contribution in [3.63, 3.8) is 0 Å². The lowest BCUT2D eigenvalue weighted by Crippen LogP contribution is -2.63. The van der Waals surface area contributed by atoms with Gasteiger partial charge in [0.15, 0.2) is 0 Å². The third kappa shape index (κ3) is 2.55. The van der Waals surface area contributed by atoms with E-state index in [4.69, 9.17) is 0 Å². The molecule has 32 heavy (non-hydrogen) atoms. The van der Waals surface area contributed by atoms with Crippen molar-refractivity contribution in [1.29, 1.82) is 0 Å². The molecule has 172 valence electrons. The van der Waals surface area contributed by atoms with Crippen LogP contribution in [-0.4, -0.2) is 109 Å². The molecule has 9 nitrogen and oxygen atoms in total. The van der Waals surface area contributed by atoms with E-state index in [0.717, 1.165) is 26.2 Å². The number of rotatable bonds is 4. The van der Waals surface area contributed by atoms with E-state index in [1.807, 2.05) is 19.0 Å². The zero-order valence-corrected chi connectivity index (χ0v) is 18.9. The second-order valence-electron chi connectivity index (χ2n) is 10.8. The van der Waals surface area contributed by atoms with Gasteiger partial charge in [0.1, 0.15) is 0 Å². The Morgan fingerprint density at radius 3 is 1.69 bits per heavy atom. The summed E-state index contributed by atoms with van der Waals surface area (Å²) in [7, 11) is 5.77. The summed E-state index contributed by atoms with van der Waals surface area (Å²) in [6, 6.07) is 0. The average molecular weight is 442 g/mol. The number of hydrogen-bond donors (Lipinski definition) is 0. The molecule has 0 radical (unpaired) electrons. The highest BCUT2D eigenvalue weighted by molar-refractivity contribution is 6.09. The van der Waals surface area contributed by atoms with Gasteiger partial charge in [-0.05, 0) is 44.8 Å². The van der Waals surface area contributed by atoms with Gasteiger partial charge in [-0.15, -0.1) is 0 Å². The normalized spacial score (nSPS) is 43.2. The van der Waals surface area contributed by atoms with Crippen LogP contribution in [0.25, 0.3) is 0 Å². The van der Waals surface area contributed by atoms with Crippen LogP contribution >= 0.6 is 0 Å². The highest BCUT2D eigenvalue weighted by Crippen LogP contribution is 2.68. The SMILES string of the molecule is CN(C)CN1C(=O)[C@H]2[C@H]3C=C[C@@H]([C@@H]2C1=O)[C@@H]1[C@@H]2C(=O)N(CN4CCN(C)CC4)C(=O)[C@@H]2[C@H]31. The van der Waals surface area contributed by atoms with Crippen LogP contribution in [0.4, 0.5) is 0 Å². The standard InChI is InChI=1S/C23H31N5O4/c1-24(2)10-27-20(29)16-12-4-5-13(17(16)21(27)30)15-14(12)18-19(15)23(32)28(22(18)31)11-26-8-6-25(3)7-9-26/h4-5,12-19H,6-11H2,1-3H3/t12-,13+,14+,15-,16-,17-,18+,19-/m0/s1. The van der Waals surface area contributed by atoms with E-state index in [-0.39, 0.29) is 77.6 Å². The van der Waals surface area contributed by atoms with Gasteiger partial charge in [-0.2, -0.15) is 0 Å². The first-order chi connectivity index (χ1) is 15.3. The fraction of sp³-hybridized carbons (Fsp3) is 0.739. The Balaban J connectivity index is 1.25. The first-order valence-corrected chi connectivity index (χ1v) is 11.7. The number of amides is 4. The van der Waals surface area contributed by atoms with Gasteiger partial charge < -0.3 is 4.90 Å². The molecule has 0 aromatic heterocycles. The van der Waals surface area contributed by atoms with Crippen LogP contribution < -0.4 is 0 Å². The number of imide groups is 2. The monoisotopic (exact) mass is 441 g/mol. The van der Waals surface area contributed by atoms with Crippen LogP contribution in [0.2, 0.25) is 0 Å². The van der Waals surface area contributed by atoms with E-state index in [1.54, 1.807) is 0 Å². The van der Waals surface area contributed by atoms with Gasteiger partial charge in [0.2, 0.25) is 23.6 Å². The first-order valence-electron chi connectivity index (χ1n) is 11.7. The number of carbonyl (C=O) groups excluding carboxylic acids is 4. The molecule has 2 bridgehead atoms. The third-order valence-electron chi connectivity index (χ3n) is 8.89. The summed E-state index contributed by atoms with van der Waals surface area (Å²) < 4.78 is 0. The zero-order chi connectivity index (χ0) is 22.5. The molecule has 9 heteroatoms. The molecule has 0 spiro atoms. The molecule has 3 saturated heterocycles. The molecule has 0 N–H and O–H groups in total. The molecule has 8 atom stereocenters. The maximum Gasteiger partial charge on any atom is 0.234 e. The highest BCUT2D eigenvalue weighted by Gasteiger charge is 2.75. The summed E-state index contributed by atoms with van der Waals surface area (Å²) in [6.07, 6.45) is 4.13. The van der Waals surface area contributed by atoms with Crippen molar-refractivity contribution in [3.8, 4) is 0 Å². The zero-order valence-electron chi connectivity index (χ0n) is 18.9. The lowest BCUT2D eigenvalue weighted by Gasteiger charge is -2.60. The maximum absolute atomic E-state index is 13.4. The summed E-state index contributed by atoms with van der Waals surface area (Å²) >= 11 is 0. The molecule has 3 aliphatic heterocycles. The van der Waals surface area contributed by atoms with Gasteiger partial charge in [-0.3, -0.25) is 38.8 Å². The summed E-state index contributed by atoms with van der Waals surface area (Å²) in [6.45, 7) is 4.19. The molecule has 0 aromatic carbocycles. The van der Waals surface area contributed by atoms with Crippen molar-refractivity contribution >= 4 is 23.6 Å². The fourth-order valence-electron chi connectivity index (χ4n) is 7.48. The van der Waals surface area contributed by atoms with Crippen LogP contribution in [0.5, 0.6) is 0 Å². The number of hydrogen-bond acceptors (Lipinski definition) is 7. The Bertz CT molecular complexity index is 869. The maximum atomic E-state index is 13.4. The molecule has 4 amide bonds. The number of piperazine rings is 1. The molecule has 3 heterocycles. The van der Waals surface area contributed by atoms with Crippen LogP contribution in [0, 0.1) is 47.3 Å². The molecule has 0 unspecified atom stereocenters. The fourth-order valence-corrected chi connectivity index (χ4v) is 7.48. The van der Waals surface area contributed by atoms with E-state index in [1.165, 1.54) is 9.80 Å². The number of carbonyl (C=O) groups is 4. The molecule has 0 aromatic rings. The topological polar surface area (TPSA) is 84.5 Å². The predicted molar refractivity (Wildman–Crippen MR) is 113 cm³/mol. The Kier molecular flexibility index (Phi) is 4.45. The van der Waals surface area contributed by atoms with Gasteiger partial charge in [0.05, 0.1) is 37.0 Å². The number of nitrogens with zero attached hydrogens (tertiary/aromatic N) is 5. The summed E-state index contributed by atoms with van der Waals surface area (Å²) in [5.41, 5.74) is 0. The Morgan fingerprint density at radius 2 is 1.22 bits per heavy atom. The minimum Gasteiger partial charge on any atom is -0.304 e. The van der Waals surface area contributed by atoms with Crippen molar-refractivity contribution < 1.29 is 19.2 Å². The molecule has 7 rings (SSSR count). The predicted octanol–water partition coefficient (Wildman–Crippen LogP) is -1.03. The second-order valence-corrected chi connectivity index (χ2v) is 10.8. The molecule has 4 aliphatic carbocycles. The molecule has 5 fully saturated rings. The van der Waals surface area contributed by atoms with Gasteiger partial charge >= 0.3 is 0 Å². The number of allylic oxidation sites excluding steroid dienone is 2. The van der Waals surface area contributed by atoms with E-state index in [2.05, 4.69) is 29.0 Å². The average Bonchev–Trinajstić information content (AvgIpc) is 3.10. The van der Waals surface area contributed by atoms with E-state index in [0.29, 0.717) is 6.67 Å². The summed E-state index contributed by atoms with van der Waals surface area (Å²) in [4.78, 5) is 62.3. The summed E-state index contributed by atoms with van der Waals surface area (Å²) in [5, 5.41) is 0. The molecular formula is C23H31N5O4. The van der Waals surface area contributed by atoms with Crippen molar-refractivity contribution in [3.05, 3.63) is 12.2 Å². The largest absolute Gasteiger partial charge is 0.304 e. The van der Waals surface area contributed by atoms with Crippen molar-refractivity contribution in [2.75, 3.05) is 60.7 Å². The quantitative estimate of drug-likeness (QED) is 0.408. The number of fused-ring (bicyclic) bond motifs is 1. The minimum atomic E-state index is -0.380. The molecular weight excluding hydrogens is 410 g/mol. The first kappa shape index (κ1) is 20.5. The van der Waals surface area contributed by atoms with E-state index < -0.39 is 0 Å². The molecule has 2 saturated carbocycles. The Morgan fingerprint density at radius 1 is 0.750 bits per heavy atom. The van der Waals surface area contributed by atoms with Crippen LogP contribution in [0.1, 0.15) is 0 Å². The third-order valence-corrected chi connectivity index (χ3v) is 8.89. The van der Waals surface area contributed by atoms with Crippen LogP contribution in [0.3, 0.4) is 0 Å². The van der Waals surface area contributed by atoms with Crippen LogP contribution in [0.15, 0.2) is 12.2 Å². The van der Waals surface area contributed by atoms with Crippen molar-refractivity contribution in [2.24, 2.45) is 47.3 Å². The van der Waals surface area contributed by atoms with Crippen molar-refractivity contribution in [1.82, 2.24) is 24.5 Å². The molecule has 7 aliphatic rings.